The fraction of sp³-hybridized carbons (Fsp3) is 0.0714. The van der Waals surface area contributed by atoms with E-state index in [0.29, 0.717) is 6.20 Å². The second-order valence-electron chi connectivity index (χ2n) is 4.90. The molecule has 0 spiro atoms. The van der Waals surface area contributed by atoms with Crippen molar-refractivity contribution in [3.05, 3.63) is 52.2 Å². The van der Waals surface area contributed by atoms with E-state index in [4.69, 9.17) is 0 Å². The number of nitro groups is 1. The minimum Gasteiger partial charge on any atom is -0.507 e. The molecule has 11 heteroatoms. The molecule has 0 bridgehead atoms. The van der Waals surface area contributed by atoms with Crippen molar-refractivity contribution in [1.82, 2.24) is 20.2 Å². The zero-order valence-electron chi connectivity index (χ0n) is 12.2. The summed E-state index contributed by atoms with van der Waals surface area (Å²) in [6.07, 6.45) is -3.85. The number of phenolic OH excluding ortho intramolecular Hbond substituents is 1. The smallest absolute Gasteiger partial charge is 0.417 e. The molecule has 25 heavy (non-hydrogen) atoms. The number of alkyl halides is 3. The average molecular weight is 351 g/mol. The Kier molecular flexibility index (Phi) is 3.83. The van der Waals surface area contributed by atoms with Crippen LogP contribution in [0.1, 0.15) is 5.56 Å². The highest BCUT2D eigenvalue weighted by molar-refractivity contribution is 5.68. The van der Waals surface area contributed by atoms with Crippen LogP contribution in [0.4, 0.5) is 18.9 Å². The van der Waals surface area contributed by atoms with E-state index < -0.39 is 16.7 Å². The number of non-ortho nitro benzene ring substituents is 1. The Morgan fingerprint density at radius 3 is 2.56 bits per heavy atom. The highest BCUT2D eigenvalue weighted by Gasteiger charge is 2.30. The zero-order chi connectivity index (χ0) is 18.2. The minimum absolute atomic E-state index is 0.00334. The monoisotopic (exact) mass is 351 g/mol. The summed E-state index contributed by atoms with van der Waals surface area (Å²) in [5.41, 5.74) is -1.08. The Hall–Kier alpha value is -3.50. The van der Waals surface area contributed by atoms with Gasteiger partial charge in [-0.05, 0) is 18.2 Å². The molecule has 0 saturated carbocycles. The lowest BCUT2D eigenvalue weighted by Gasteiger charge is -2.05. The van der Waals surface area contributed by atoms with Crippen molar-refractivity contribution in [3.8, 4) is 28.7 Å². The SMILES string of the molecule is O=[N+]([O-])c1ccc(O)c(-c2n[nH]c(-c3ccc(C(F)(F)F)cn3)n2)c1. The number of aromatic hydroxyl groups is 1. The van der Waals surface area contributed by atoms with E-state index in [1.165, 1.54) is 0 Å². The van der Waals surface area contributed by atoms with Gasteiger partial charge in [-0.2, -0.15) is 18.3 Å². The van der Waals surface area contributed by atoms with Gasteiger partial charge in [0.15, 0.2) is 11.6 Å². The first-order valence-electron chi connectivity index (χ1n) is 6.69. The normalized spacial score (nSPS) is 11.5. The Bertz CT molecular complexity index is 938. The summed E-state index contributed by atoms with van der Waals surface area (Å²) >= 11 is 0. The molecule has 2 N–H and O–H groups in total. The minimum atomic E-state index is -4.51. The molecular weight excluding hydrogens is 343 g/mol. The molecular formula is C14H8F3N5O3. The van der Waals surface area contributed by atoms with Gasteiger partial charge in [-0.25, -0.2) is 4.98 Å². The summed E-state index contributed by atoms with van der Waals surface area (Å²) in [5.74, 6) is -0.288. The number of nitrogens with zero attached hydrogens (tertiary/aromatic N) is 4. The van der Waals surface area contributed by atoms with E-state index >= 15 is 0 Å². The van der Waals surface area contributed by atoms with Crippen LogP contribution in [0.15, 0.2) is 36.5 Å². The number of aromatic amines is 1. The molecule has 128 valence electrons. The maximum absolute atomic E-state index is 12.5. The third kappa shape index (κ3) is 3.24. The molecule has 0 saturated heterocycles. The molecule has 0 atom stereocenters. The standard InChI is InChI=1S/C14H8F3N5O3/c15-14(16,17)7-1-3-10(18-6-7)13-19-12(20-21-13)9-5-8(22(24)25)2-4-11(9)23/h1-6,23H,(H,19,20,21). The quantitative estimate of drug-likeness (QED) is 0.553. The number of halogens is 3. The Morgan fingerprint density at radius 2 is 1.96 bits per heavy atom. The number of nitro benzene ring substituents is 1. The summed E-state index contributed by atoms with van der Waals surface area (Å²) in [7, 11) is 0. The molecule has 2 aromatic heterocycles. The number of pyridine rings is 1. The largest absolute Gasteiger partial charge is 0.507 e. The van der Waals surface area contributed by atoms with E-state index in [1.54, 1.807) is 0 Å². The van der Waals surface area contributed by atoms with Gasteiger partial charge in [-0.3, -0.25) is 20.2 Å². The number of benzene rings is 1. The highest BCUT2D eigenvalue weighted by Crippen LogP contribution is 2.32. The van der Waals surface area contributed by atoms with Crippen LogP contribution in [-0.2, 0) is 6.18 Å². The highest BCUT2D eigenvalue weighted by atomic mass is 19.4. The van der Waals surface area contributed by atoms with Gasteiger partial charge < -0.3 is 5.11 Å². The zero-order valence-corrected chi connectivity index (χ0v) is 12.2. The van der Waals surface area contributed by atoms with Crippen LogP contribution in [0.2, 0.25) is 0 Å². The van der Waals surface area contributed by atoms with E-state index in [9.17, 15) is 28.4 Å². The second-order valence-corrected chi connectivity index (χ2v) is 4.90. The molecule has 3 aromatic rings. The van der Waals surface area contributed by atoms with Crippen LogP contribution in [0.25, 0.3) is 22.9 Å². The first-order chi connectivity index (χ1) is 11.8. The fourth-order valence-electron chi connectivity index (χ4n) is 2.02. The van der Waals surface area contributed by atoms with Crippen molar-refractivity contribution < 1.29 is 23.2 Å². The van der Waals surface area contributed by atoms with E-state index in [-0.39, 0.29) is 34.3 Å². The number of H-pyrrole nitrogens is 1. The number of nitrogens with one attached hydrogen (secondary N) is 1. The molecule has 0 aliphatic heterocycles. The average Bonchev–Trinajstić information content (AvgIpc) is 3.04. The van der Waals surface area contributed by atoms with Gasteiger partial charge in [0.05, 0.1) is 16.1 Å². The topological polar surface area (TPSA) is 118 Å². The molecule has 2 heterocycles. The molecule has 0 aliphatic rings. The first kappa shape index (κ1) is 16.4. The Labute approximate surface area is 137 Å². The van der Waals surface area contributed by atoms with Gasteiger partial charge in [0.2, 0.25) is 0 Å². The van der Waals surface area contributed by atoms with Crippen molar-refractivity contribution in [2.24, 2.45) is 0 Å². The van der Waals surface area contributed by atoms with E-state index in [2.05, 4.69) is 20.2 Å². The van der Waals surface area contributed by atoms with Crippen molar-refractivity contribution >= 4 is 5.69 Å². The van der Waals surface area contributed by atoms with Gasteiger partial charge in [-0.1, -0.05) is 0 Å². The van der Waals surface area contributed by atoms with Gasteiger partial charge >= 0.3 is 6.18 Å². The molecule has 0 fully saturated rings. The predicted octanol–water partition coefficient (Wildman–Crippen LogP) is 3.17. The summed E-state index contributed by atoms with van der Waals surface area (Å²) < 4.78 is 37.6. The second kappa shape index (κ2) is 5.85. The number of hydrogen-bond donors (Lipinski definition) is 2. The van der Waals surface area contributed by atoms with E-state index in [1.807, 2.05) is 0 Å². The van der Waals surface area contributed by atoms with Gasteiger partial charge in [0.1, 0.15) is 11.4 Å². The van der Waals surface area contributed by atoms with Crippen molar-refractivity contribution in [1.29, 1.82) is 0 Å². The lowest BCUT2D eigenvalue weighted by Crippen LogP contribution is -2.05. The molecule has 0 amide bonds. The van der Waals surface area contributed by atoms with Crippen LogP contribution in [0.3, 0.4) is 0 Å². The van der Waals surface area contributed by atoms with Gasteiger partial charge in [0, 0.05) is 18.3 Å². The summed E-state index contributed by atoms with van der Waals surface area (Å²) in [5, 5.41) is 26.9. The number of rotatable bonds is 3. The summed E-state index contributed by atoms with van der Waals surface area (Å²) in [4.78, 5) is 17.8. The molecule has 0 aliphatic carbocycles. The number of hydrogen-bond acceptors (Lipinski definition) is 6. The predicted molar refractivity (Wildman–Crippen MR) is 78.4 cm³/mol. The molecule has 1 aromatic carbocycles. The number of phenols is 1. The molecule has 0 unspecified atom stereocenters. The molecule has 0 radical (unpaired) electrons. The lowest BCUT2D eigenvalue weighted by molar-refractivity contribution is -0.384. The summed E-state index contributed by atoms with van der Waals surface area (Å²) in [6.45, 7) is 0. The van der Waals surface area contributed by atoms with Crippen LogP contribution in [0, 0.1) is 10.1 Å². The first-order valence-corrected chi connectivity index (χ1v) is 6.69. The van der Waals surface area contributed by atoms with Crippen molar-refractivity contribution in [2.45, 2.75) is 6.18 Å². The van der Waals surface area contributed by atoms with Crippen LogP contribution in [0.5, 0.6) is 5.75 Å². The van der Waals surface area contributed by atoms with Crippen LogP contribution >= 0.6 is 0 Å². The third-order valence-electron chi connectivity index (χ3n) is 3.25. The van der Waals surface area contributed by atoms with Crippen molar-refractivity contribution in [2.75, 3.05) is 0 Å². The van der Waals surface area contributed by atoms with Crippen LogP contribution in [-0.4, -0.2) is 30.2 Å². The number of aromatic nitrogens is 4. The van der Waals surface area contributed by atoms with Gasteiger partial charge in [0.25, 0.3) is 5.69 Å². The summed E-state index contributed by atoms with van der Waals surface area (Å²) in [6, 6.07) is 5.28. The van der Waals surface area contributed by atoms with Crippen molar-refractivity contribution in [3.63, 3.8) is 0 Å². The molecule has 3 rings (SSSR count). The lowest BCUT2D eigenvalue weighted by atomic mass is 10.1. The van der Waals surface area contributed by atoms with Crippen LogP contribution < -0.4 is 0 Å². The maximum Gasteiger partial charge on any atom is 0.417 e. The third-order valence-corrected chi connectivity index (χ3v) is 3.25. The van der Waals surface area contributed by atoms with Gasteiger partial charge in [-0.15, -0.1) is 0 Å². The fourth-order valence-corrected chi connectivity index (χ4v) is 2.02. The Morgan fingerprint density at radius 1 is 1.20 bits per heavy atom. The Balaban J connectivity index is 1.96. The maximum atomic E-state index is 12.5. The van der Waals surface area contributed by atoms with E-state index in [0.717, 1.165) is 30.3 Å². The molecule has 8 nitrogen and oxygen atoms in total.